The molecule has 1 saturated carbocycles. The number of halogens is 3. The molecule has 0 N–H and O–H groups in total. The third-order valence-corrected chi connectivity index (χ3v) is 7.89. The number of allylic oxidation sites excluding steroid dienone is 1. The zero-order chi connectivity index (χ0) is 29.8. The van der Waals surface area contributed by atoms with Gasteiger partial charge in [-0.25, -0.2) is 14.2 Å². The van der Waals surface area contributed by atoms with E-state index >= 15 is 0 Å². The van der Waals surface area contributed by atoms with Crippen molar-refractivity contribution in [1.29, 1.82) is 0 Å². The minimum absolute atomic E-state index is 0.0234. The molecule has 2 atom stereocenters. The number of hydrogen-bond acceptors (Lipinski definition) is 5. The maximum Gasteiger partial charge on any atom is 0.334 e. The van der Waals surface area contributed by atoms with Crippen LogP contribution in [0.2, 0.25) is 10.0 Å². The second kappa shape index (κ2) is 12.9. The van der Waals surface area contributed by atoms with Crippen molar-refractivity contribution in [3.63, 3.8) is 0 Å². The third-order valence-electron chi connectivity index (χ3n) is 7.39. The maximum atomic E-state index is 14.1. The van der Waals surface area contributed by atoms with Crippen molar-refractivity contribution >= 4 is 52.9 Å². The Balaban J connectivity index is 1.37. The van der Waals surface area contributed by atoms with Gasteiger partial charge in [0.15, 0.2) is 18.2 Å². The van der Waals surface area contributed by atoms with Gasteiger partial charge in [-0.1, -0.05) is 53.5 Å². The first-order valence-corrected chi connectivity index (χ1v) is 14.3. The minimum Gasteiger partial charge on any atom is -0.494 e. The van der Waals surface area contributed by atoms with E-state index in [1.54, 1.807) is 25.1 Å². The van der Waals surface area contributed by atoms with Crippen molar-refractivity contribution in [2.75, 3.05) is 13.7 Å². The Morgan fingerprint density at radius 2 is 1.69 bits per heavy atom. The van der Waals surface area contributed by atoms with Gasteiger partial charge >= 0.3 is 5.97 Å². The number of hydrazone groups is 1. The molecule has 1 heterocycles. The molecule has 5 rings (SSSR count). The fourth-order valence-electron chi connectivity index (χ4n) is 5.35. The van der Waals surface area contributed by atoms with Gasteiger partial charge in [0.2, 0.25) is 0 Å². The number of carbonyl (C=O) groups is 2. The largest absolute Gasteiger partial charge is 0.494 e. The van der Waals surface area contributed by atoms with Crippen LogP contribution in [-0.2, 0) is 14.3 Å². The molecule has 42 heavy (non-hydrogen) atoms. The summed E-state index contributed by atoms with van der Waals surface area (Å²) in [7, 11) is 1.38. The fraction of sp³-hybridized carbons (Fsp3) is 0.242. The summed E-state index contributed by atoms with van der Waals surface area (Å²) in [5, 5.41) is 7.51. The van der Waals surface area contributed by atoms with Crippen LogP contribution in [0.25, 0.3) is 12.2 Å². The summed E-state index contributed by atoms with van der Waals surface area (Å²) in [6.45, 7) is 1.05. The SMILES string of the molecule is COc1ccc(/C=C(\C)C(=O)OCC(=O)N2N=C3/C(=C\c4ccc(Cl)cc4)CCCC3C2c2ccc(Cl)cc2)cc1F. The number of carbonyl (C=O) groups excluding carboxylic acids is 2. The Kier molecular flexibility index (Phi) is 9.09. The second-order valence-corrected chi connectivity index (χ2v) is 11.1. The monoisotopic (exact) mass is 606 g/mol. The van der Waals surface area contributed by atoms with E-state index < -0.39 is 24.3 Å². The van der Waals surface area contributed by atoms with Crippen molar-refractivity contribution in [3.05, 3.63) is 110 Å². The zero-order valence-electron chi connectivity index (χ0n) is 23.1. The molecule has 0 aromatic heterocycles. The van der Waals surface area contributed by atoms with E-state index in [1.807, 2.05) is 36.4 Å². The molecule has 2 unspecified atom stereocenters. The van der Waals surface area contributed by atoms with Crippen molar-refractivity contribution < 1.29 is 23.5 Å². The van der Waals surface area contributed by atoms with Crippen LogP contribution >= 0.6 is 23.2 Å². The van der Waals surface area contributed by atoms with Crippen LogP contribution in [-0.4, -0.2) is 36.3 Å². The Labute approximate surface area is 254 Å². The molecule has 1 aliphatic carbocycles. The first kappa shape index (κ1) is 29.5. The minimum atomic E-state index is -0.685. The fourth-order valence-corrected chi connectivity index (χ4v) is 5.60. The molecule has 9 heteroatoms. The molecule has 3 aromatic carbocycles. The summed E-state index contributed by atoms with van der Waals surface area (Å²) < 4.78 is 24.4. The van der Waals surface area contributed by atoms with Gasteiger partial charge in [0.25, 0.3) is 5.91 Å². The van der Waals surface area contributed by atoms with Crippen LogP contribution in [0.5, 0.6) is 5.75 Å². The molecule has 1 aliphatic heterocycles. The lowest BCUT2D eigenvalue weighted by atomic mass is 9.77. The molecule has 2 aliphatic rings. The number of methoxy groups -OCH3 is 1. The lowest BCUT2D eigenvalue weighted by molar-refractivity contribution is -0.150. The lowest BCUT2D eigenvalue weighted by Crippen LogP contribution is -2.34. The van der Waals surface area contributed by atoms with Gasteiger partial charge in [0.1, 0.15) is 0 Å². The van der Waals surface area contributed by atoms with Crippen LogP contribution in [0.15, 0.2) is 83.0 Å². The quantitative estimate of drug-likeness (QED) is 0.202. The van der Waals surface area contributed by atoms with Crippen LogP contribution in [0, 0.1) is 11.7 Å². The molecule has 0 spiro atoms. The Hall–Kier alpha value is -3.94. The first-order chi connectivity index (χ1) is 20.2. The number of nitrogens with zero attached hydrogens (tertiary/aromatic N) is 2. The van der Waals surface area contributed by atoms with Gasteiger partial charge in [-0.05, 0) is 97.0 Å². The molecule has 216 valence electrons. The number of ether oxygens (including phenoxy) is 2. The zero-order valence-corrected chi connectivity index (χ0v) is 24.7. The highest BCUT2D eigenvalue weighted by atomic mass is 35.5. The number of esters is 1. The third kappa shape index (κ3) is 6.58. The van der Waals surface area contributed by atoms with Crippen LogP contribution in [0.3, 0.4) is 0 Å². The number of hydrogen-bond donors (Lipinski definition) is 0. The van der Waals surface area contributed by atoms with E-state index in [4.69, 9.17) is 37.8 Å². The van der Waals surface area contributed by atoms with Gasteiger partial charge in [0, 0.05) is 21.5 Å². The van der Waals surface area contributed by atoms with Gasteiger partial charge in [0.05, 0.1) is 18.9 Å². The van der Waals surface area contributed by atoms with E-state index in [1.165, 1.54) is 30.3 Å². The van der Waals surface area contributed by atoms with Gasteiger partial charge in [-0.2, -0.15) is 5.10 Å². The lowest BCUT2D eigenvalue weighted by Gasteiger charge is -2.29. The normalized spacial score (nSPS) is 19.4. The molecule has 3 aromatic rings. The van der Waals surface area contributed by atoms with Crippen LogP contribution in [0.1, 0.15) is 48.9 Å². The predicted octanol–water partition coefficient (Wildman–Crippen LogP) is 7.91. The molecule has 1 amide bonds. The highest BCUT2D eigenvalue weighted by molar-refractivity contribution is 6.30. The number of amides is 1. The highest BCUT2D eigenvalue weighted by Gasteiger charge is 2.43. The van der Waals surface area contributed by atoms with Crippen molar-refractivity contribution in [1.82, 2.24) is 5.01 Å². The summed E-state index contributed by atoms with van der Waals surface area (Å²) in [6.07, 6.45) is 6.21. The van der Waals surface area contributed by atoms with E-state index in [0.717, 1.165) is 41.7 Å². The van der Waals surface area contributed by atoms with Crippen LogP contribution in [0.4, 0.5) is 4.39 Å². The Morgan fingerprint density at radius 3 is 2.36 bits per heavy atom. The molecule has 0 bridgehead atoms. The topological polar surface area (TPSA) is 68.2 Å². The van der Waals surface area contributed by atoms with E-state index in [9.17, 15) is 14.0 Å². The summed E-state index contributed by atoms with van der Waals surface area (Å²) in [6, 6.07) is 19.0. The summed E-state index contributed by atoms with van der Waals surface area (Å²) in [5.74, 6) is -1.60. The summed E-state index contributed by atoms with van der Waals surface area (Å²) >= 11 is 12.2. The molecule has 0 radical (unpaired) electrons. The summed E-state index contributed by atoms with van der Waals surface area (Å²) in [4.78, 5) is 26.3. The molecular formula is C33H29Cl2FN2O4. The predicted molar refractivity (Wildman–Crippen MR) is 163 cm³/mol. The van der Waals surface area contributed by atoms with Gasteiger partial charge in [-0.3, -0.25) is 4.79 Å². The van der Waals surface area contributed by atoms with Crippen molar-refractivity contribution in [3.8, 4) is 5.75 Å². The average Bonchev–Trinajstić information content (AvgIpc) is 3.38. The van der Waals surface area contributed by atoms with Gasteiger partial charge < -0.3 is 9.47 Å². The Bertz CT molecular complexity index is 1580. The number of fused-ring (bicyclic) bond motifs is 1. The van der Waals surface area contributed by atoms with E-state index in [2.05, 4.69) is 6.08 Å². The van der Waals surface area contributed by atoms with E-state index in [-0.39, 0.29) is 23.3 Å². The highest BCUT2D eigenvalue weighted by Crippen LogP contribution is 2.44. The second-order valence-electron chi connectivity index (χ2n) is 10.2. The van der Waals surface area contributed by atoms with Gasteiger partial charge in [-0.15, -0.1) is 0 Å². The maximum absolute atomic E-state index is 14.1. The molecule has 0 saturated heterocycles. The van der Waals surface area contributed by atoms with Crippen molar-refractivity contribution in [2.24, 2.45) is 11.0 Å². The summed E-state index contributed by atoms with van der Waals surface area (Å²) in [5.41, 5.74) is 4.49. The first-order valence-electron chi connectivity index (χ1n) is 13.5. The molecular weight excluding hydrogens is 578 g/mol. The number of benzene rings is 3. The smallest absolute Gasteiger partial charge is 0.334 e. The number of rotatable bonds is 7. The van der Waals surface area contributed by atoms with Crippen molar-refractivity contribution in [2.45, 2.75) is 32.2 Å². The van der Waals surface area contributed by atoms with Crippen LogP contribution < -0.4 is 4.74 Å². The molecule has 6 nitrogen and oxygen atoms in total. The standard InChI is InChI=1S/C33H29Cl2FN2O4/c1-20(16-22-8-15-29(41-2)28(36)18-22)33(40)42-19-30(39)38-32(23-9-13-26(35)14-10-23)27-5-3-4-24(31(27)37-38)17-21-6-11-25(34)12-7-21/h6-18,27,32H,3-5,19H2,1-2H3/b20-16+,24-17-. The average molecular weight is 608 g/mol. The Morgan fingerprint density at radius 1 is 1.02 bits per heavy atom. The van der Waals surface area contributed by atoms with E-state index in [0.29, 0.717) is 15.6 Å². The molecule has 1 fully saturated rings.